The molecule has 4 nitrogen and oxygen atoms in total. The van der Waals surface area contributed by atoms with Gasteiger partial charge >= 0.3 is 0 Å². The van der Waals surface area contributed by atoms with Gasteiger partial charge in [-0.25, -0.2) is 9.97 Å². The van der Waals surface area contributed by atoms with Crippen LogP contribution in [0.25, 0.3) is 0 Å². The molecule has 1 heterocycles. The van der Waals surface area contributed by atoms with E-state index in [4.69, 9.17) is 16.3 Å². The molecule has 0 spiro atoms. The standard InChI is InChI=1S/C15H18ClN3O/c1-4-5-11-14(16)17-9-18-15(11)19-12-8-10(2)6-7-13(12)20-3/h6-9H,4-5H2,1-3H3,(H,17,18,19). The normalized spacial score (nSPS) is 10.4. The van der Waals surface area contributed by atoms with Crippen molar-refractivity contribution in [1.29, 1.82) is 0 Å². The second-order valence-corrected chi connectivity index (χ2v) is 4.93. The lowest BCUT2D eigenvalue weighted by Crippen LogP contribution is -2.03. The number of methoxy groups -OCH3 is 1. The van der Waals surface area contributed by atoms with E-state index in [-0.39, 0.29) is 0 Å². The summed E-state index contributed by atoms with van der Waals surface area (Å²) in [7, 11) is 1.65. The number of nitrogens with one attached hydrogen (secondary N) is 1. The zero-order valence-corrected chi connectivity index (χ0v) is 12.7. The number of benzene rings is 1. The molecule has 0 unspecified atom stereocenters. The Morgan fingerprint density at radius 1 is 1.30 bits per heavy atom. The third kappa shape index (κ3) is 3.20. The third-order valence-corrected chi connectivity index (χ3v) is 3.33. The Morgan fingerprint density at radius 2 is 2.10 bits per heavy atom. The van der Waals surface area contributed by atoms with E-state index in [1.54, 1.807) is 7.11 Å². The highest BCUT2D eigenvalue weighted by atomic mass is 35.5. The summed E-state index contributed by atoms with van der Waals surface area (Å²) in [6, 6.07) is 5.95. The van der Waals surface area contributed by atoms with Crippen LogP contribution in [0.2, 0.25) is 5.15 Å². The molecular weight excluding hydrogens is 274 g/mol. The first-order valence-electron chi connectivity index (χ1n) is 6.56. The van der Waals surface area contributed by atoms with Gasteiger partial charge < -0.3 is 10.1 Å². The van der Waals surface area contributed by atoms with Crippen LogP contribution >= 0.6 is 11.6 Å². The Morgan fingerprint density at radius 3 is 2.80 bits per heavy atom. The van der Waals surface area contributed by atoms with Crippen LogP contribution in [0.4, 0.5) is 11.5 Å². The van der Waals surface area contributed by atoms with Crippen molar-refractivity contribution in [2.45, 2.75) is 26.7 Å². The highest BCUT2D eigenvalue weighted by Gasteiger charge is 2.11. The molecule has 20 heavy (non-hydrogen) atoms. The summed E-state index contributed by atoms with van der Waals surface area (Å²) < 4.78 is 5.36. The van der Waals surface area contributed by atoms with Gasteiger partial charge in [-0.3, -0.25) is 0 Å². The summed E-state index contributed by atoms with van der Waals surface area (Å²) in [6.45, 7) is 4.13. The van der Waals surface area contributed by atoms with Crippen molar-refractivity contribution in [1.82, 2.24) is 9.97 Å². The van der Waals surface area contributed by atoms with Gasteiger partial charge in [-0.05, 0) is 31.0 Å². The Hall–Kier alpha value is -1.81. The van der Waals surface area contributed by atoms with Crippen molar-refractivity contribution in [3.8, 4) is 5.75 Å². The minimum atomic E-state index is 0.496. The van der Waals surface area contributed by atoms with Gasteiger partial charge in [-0.1, -0.05) is 31.0 Å². The van der Waals surface area contributed by atoms with Gasteiger partial charge in [0.1, 0.15) is 23.0 Å². The van der Waals surface area contributed by atoms with Gasteiger partial charge in [0.2, 0.25) is 0 Å². The fraction of sp³-hybridized carbons (Fsp3) is 0.333. The first kappa shape index (κ1) is 14.6. The molecule has 5 heteroatoms. The molecule has 0 aliphatic carbocycles. The van der Waals surface area contributed by atoms with Crippen LogP contribution in [0.15, 0.2) is 24.5 Å². The number of halogens is 1. The van der Waals surface area contributed by atoms with Crippen LogP contribution in [-0.2, 0) is 6.42 Å². The average Bonchev–Trinajstić information content (AvgIpc) is 2.43. The Balaban J connectivity index is 2.39. The maximum Gasteiger partial charge on any atom is 0.142 e. The van der Waals surface area contributed by atoms with Crippen LogP contribution in [0, 0.1) is 6.92 Å². The van der Waals surface area contributed by atoms with Crippen molar-refractivity contribution >= 4 is 23.1 Å². The van der Waals surface area contributed by atoms with Crippen LogP contribution in [0.5, 0.6) is 5.75 Å². The Kier molecular flexibility index (Phi) is 4.79. The molecule has 1 N–H and O–H groups in total. The maximum absolute atomic E-state index is 6.16. The first-order valence-corrected chi connectivity index (χ1v) is 6.94. The predicted molar refractivity (Wildman–Crippen MR) is 82.1 cm³/mol. The number of ether oxygens (including phenoxy) is 1. The molecular formula is C15H18ClN3O. The van der Waals surface area contributed by atoms with Gasteiger partial charge in [0.25, 0.3) is 0 Å². The number of nitrogens with zero attached hydrogens (tertiary/aromatic N) is 2. The first-order chi connectivity index (χ1) is 9.65. The Bertz CT molecular complexity index is 602. The Labute approximate surface area is 124 Å². The molecule has 0 fully saturated rings. The summed E-state index contributed by atoms with van der Waals surface area (Å²) in [4.78, 5) is 8.34. The van der Waals surface area contributed by atoms with Crippen LogP contribution < -0.4 is 10.1 Å². The van der Waals surface area contributed by atoms with E-state index in [1.165, 1.54) is 6.33 Å². The van der Waals surface area contributed by atoms with Gasteiger partial charge in [-0.2, -0.15) is 0 Å². The molecule has 0 saturated carbocycles. The lowest BCUT2D eigenvalue weighted by Gasteiger charge is -2.14. The summed E-state index contributed by atoms with van der Waals surface area (Å²) in [5.41, 5.74) is 2.95. The van der Waals surface area contributed by atoms with E-state index < -0.39 is 0 Å². The fourth-order valence-corrected chi connectivity index (χ4v) is 2.24. The molecule has 1 aromatic heterocycles. The number of aromatic nitrogens is 2. The van der Waals surface area contributed by atoms with Crippen molar-refractivity contribution in [2.75, 3.05) is 12.4 Å². The SMILES string of the molecule is CCCc1c(Cl)ncnc1Nc1cc(C)ccc1OC. The van der Waals surface area contributed by atoms with E-state index in [0.29, 0.717) is 5.15 Å². The molecule has 0 atom stereocenters. The topological polar surface area (TPSA) is 47.0 Å². The summed E-state index contributed by atoms with van der Waals surface area (Å²) in [5, 5.41) is 3.79. The minimum Gasteiger partial charge on any atom is -0.495 e. The van der Waals surface area contributed by atoms with Crippen LogP contribution in [0.3, 0.4) is 0 Å². The van der Waals surface area contributed by atoms with Crippen molar-refractivity contribution < 1.29 is 4.74 Å². The molecule has 2 rings (SSSR count). The van der Waals surface area contributed by atoms with E-state index >= 15 is 0 Å². The van der Waals surface area contributed by atoms with Gasteiger partial charge in [0, 0.05) is 5.56 Å². The fourth-order valence-electron chi connectivity index (χ4n) is 2.02. The number of hydrogen-bond donors (Lipinski definition) is 1. The largest absolute Gasteiger partial charge is 0.495 e. The maximum atomic E-state index is 6.16. The molecule has 0 bridgehead atoms. The zero-order valence-electron chi connectivity index (χ0n) is 11.9. The highest BCUT2D eigenvalue weighted by Crippen LogP contribution is 2.30. The van der Waals surface area contributed by atoms with Gasteiger partial charge in [-0.15, -0.1) is 0 Å². The van der Waals surface area contributed by atoms with Crippen molar-refractivity contribution in [3.63, 3.8) is 0 Å². The zero-order chi connectivity index (χ0) is 14.5. The molecule has 2 aromatic rings. The van der Waals surface area contributed by atoms with E-state index in [9.17, 15) is 0 Å². The predicted octanol–water partition coefficient (Wildman–Crippen LogP) is 4.14. The van der Waals surface area contributed by atoms with Crippen molar-refractivity contribution in [3.05, 3.63) is 40.8 Å². The van der Waals surface area contributed by atoms with Gasteiger partial charge in [0.05, 0.1) is 12.8 Å². The highest BCUT2D eigenvalue weighted by molar-refractivity contribution is 6.30. The van der Waals surface area contributed by atoms with E-state index in [1.807, 2.05) is 25.1 Å². The number of hydrogen-bond acceptors (Lipinski definition) is 4. The van der Waals surface area contributed by atoms with Gasteiger partial charge in [0.15, 0.2) is 0 Å². The number of aryl methyl sites for hydroxylation is 1. The molecule has 0 radical (unpaired) electrons. The minimum absolute atomic E-state index is 0.496. The van der Waals surface area contributed by atoms with Crippen LogP contribution in [0.1, 0.15) is 24.5 Å². The number of rotatable bonds is 5. The summed E-state index contributed by atoms with van der Waals surface area (Å²) in [5.74, 6) is 1.50. The smallest absolute Gasteiger partial charge is 0.142 e. The van der Waals surface area contributed by atoms with E-state index in [0.717, 1.165) is 41.2 Å². The van der Waals surface area contributed by atoms with Crippen molar-refractivity contribution in [2.24, 2.45) is 0 Å². The number of anilines is 2. The lowest BCUT2D eigenvalue weighted by molar-refractivity contribution is 0.416. The van der Waals surface area contributed by atoms with Crippen LogP contribution in [-0.4, -0.2) is 17.1 Å². The molecule has 0 aliphatic heterocycles. The van der Waals surface area contributed by atoms with E-state index in [2.05, 4.69) is 22.2 Å². The third-order valence-electron chi connectivity index (χ3n) is 3.00. The second-order valence-electron chi connectivity index (χ2n) is 4.57. The second kappa shape index (κ2) is 6.57. The average molecular weight is 292 g/mol. The lowest BCUT2D eigenvalue weighted by atomic mass is 10.1. The monoisotopic (exact) mass is 291 g/mol. The molecule has 106 valence electrons. The molecule has 0 amide bonds. The summed E-state index contributed by atoms with van der Waals surface area (Å²) in [6.07, 6.45) is 3.27. The molecule has 0 aliphatic rings. The quantitative estimate of drug-likeness (QED) is 0.841. The summed E-state index contributed by atoms with van der Waals surface area (Å²) >= 11 is 6.16. The molecule has 0 saturated heterocycles. The molecule has 1 aromatic carbocycles.